The molecule has 0 rings (SSSR count). The molecule has 0 aliphatic carbocycles. The highest BCUT2D eigenvalue weighted by Crippen LogP contribution is 2.45. The molecule has 100 heavy (non-hydrogen) atoms. The van der Waals surface area contributed by atoms with Crippen molar-refractivity contribution in [2.24, 2.45) is 11.8 Å². The quantitative estimate of drug-likeness (QED) is 0.0222. The van der Waals surface area contributed by atoms with Crippen molar-refractivity contribution in [3.8, 4) is 0 Å². The third-order valence-electron chi connectivity index (χ3n) is 19.0. The minimum atomic E-state index is -4.96. The van der Waals surface area contributed by atoms with Gasteiger partial charge in [0, 0.05) is 25.7 Å². The van der Waals surface area contributed by atoms with E-state index in [-0.39, 0.29) is 25.7 Å². The van der Waals surface area contributed by atoms with Gasteiger partial charge in [0.15, 0.2) is 12.2 Å². The Bertz CT molecular complexity index is 1920. The van der Waals surface area contributed by atoms with Crippen molar-refractivity contribution < 1.29 is 80.2 Å². The van der Waals surface area contributed by atoms with E-state index >= 15 is 0 Å². The van der Waals surface area contributed by atoms with Gasteiger partial charge in [-0.25, -0.2) is 9.13 Å². The molecule has 5 atom stereocenters. The van der Waals surface area contributed by atoms with Gasteiger partial charge in [-0.05, 0) is 37.5 Å². The van der Waals surface area contributed by atoms with E-state index in [1.807, 2.05) is 0 Å². The van der Waals surface area contributed by atoms with Gasteiger partial charge >= 0.3 is 39.5 Å². The van der Waals surface area contributed by atoms with Crippen LogP contribution in [0.4, 0.5) is 0 Å². The maximum Gasteiger partial charge on any atom is 0.472 e. The predicted octanol–water partition coefficient (Wildman–Crippen LogP) is 24.3. The van der Waals surface area contributed by atoms with Crippen molar-refractivity contribution in [3.05, 3.63) is 0 Å². The standard InChI is InChI=1S/C81H158O17P2/c1-7-9-11-13-15-17-18-19-20-21-22-23-27-30-33-36-40-46-52-58-64-79(84)92-69-76(97-80(85)65-59-53-47-41-37-34-31-28-25-24-26-29-32-35-39-43-49-55-61-73(3)4)71-95-99(87,88)93-67-75(82)68-94-100(89,90)96-72-77(70-91-78(83)63-57-51-45-38-16-14-12-10-8-2)98-81(86)66-60-54-48-42-44-50-56-62-74(5)6/h73-77,82H,7-72H2,1-6H3,(H,87,88)(H,89,90)/t75-,76-,77-/m1/s1. The Morgan fingerprint density at radius 2 is 0.460 bits per heavy atom. The number of ether oxygens (including phenoxy) is 4. The van der Waals surface area contributed by atoms with E-state index < -0.39 is 97.5 Å². The highest BCUT2D eigenvalue weighted by molar-refractivity contribution is 7.47. The van der Waals surface area contributed by atoms with Gasteiger partial charge in [0.2, 0.25) is 0 Å². The summed E-state index contributed by atoms with van der Waals surface area (Å²) in [4.78, 5) is 72.9. The van der Waals surface area contributed by atoms with Crippen LogP contribution < -0.4 is 0 Å². The summed E-state index contributed by atoms with van der Waals surface area (Å²) in [6.45, 7) is 9.58. The summed E-state index contributed by atoms with van der Waals surface area (Å²) in [5.41, 5.74) is 0. The van der Waals surface area contributed by atoms with Gasteiger partial charge in [-0.15, -0.1) is 0 Å². The van der Waals surface area contributed by atoms with Crippen molar-refractivity contribution in [3.63, 3.8) is 0 Å². The van der Waals surface area contributed by atoms with Crippen molar-refractivity contribution in [1.29, 1.82) is 0 Å². The number of aliphatic hydroxyl groups is 1. The first kappa shape index (κ1) is 98.1. The molecule has 0 heterocycles. The fourth-order valence-corrected chi connectivity index (χ4v) is 14.1. The smallest absolute Gasteiger partial charge is 0.462 e. The van der Waals surface area contributed by atoms with Crippen LogP contribution in [0, 0.1) is 11.8 Å². The fraction of sp³-hybridized carbons (Fsp3) is 0.951. The molecular formula is C81H158O17P2. The maximum absolute atomic E-state index is 13.1. The number of hydrogen-bond donors (Lipinski definition) is 3. The van der Waals surface area contributed by atoms with E-state index in [0.717, 1.165) is 95.8 Å². The summed E-state index contributed by atoms with van der Waals surface area (Å²) in [6, 6.07) is 0. The molecule has 0 aromatic rings. The zero-order chi connectivity index (χ0) is 73.5. The van der Waals surface area contributed by atoms with Crippen molar-refractivity contribution in [2.45, 2.75) is 445 Å². The molecule has 0 radical (unpaired) electrons. The van der Waals surface area contributed by atoms with Crippen LogP contribution in [0.5, 0.6) is 0 Å². The van der Waals surface area contributed by atoms with Crippen LogP contribution in [0.15, 0.2) is 0 Å². The van der Waals surface area contributed by atoms with Gasteiger partial charge in [-0.1, -0.05) is 375 Å². The lowest BCUT2D eigenvalue weighted by molar-refractivity contribution is -0.161. The maximum atomic E-state index is 13.1. The molecule has 0 aromatic carbocycles. The van der Waals surface area contributed by atoms with Gasteiger partial charge in [-0.2, -0.15) is 0 Å². The largest absolute Gasteiger partial charge is 0.472 e. The Morgan fingerprint density at radius 3 is 0.680 bits per heavy atom. The van der Waals surface area contributed by atoms with Gasteiger partial charge < -0.3 is 33.8 Å². The molecule has 0 aliphatic heterocycles. The molecule has 17 nitrogen and oxygen atoms in total. The molecule has 0 saturated carbocycles. The first-order valence-corrected chi connectivity index (χ1v) is 45.0. The number of phosphoric acid groups is 2. The van der Waals surface area contributed by atoms with Crippen molar-refractivity contribution in [1.82, 2.24) is 0 Å². The van der Waals surface area contributed by atoms with E-state index in [1.165, 1.54) is 244 Å². The lowest BCUT2D eigenvalue weighted by atomic mass is 10.0. The van der Waals surface area contributed by atoms with E-state index in [0.29, 0.717) is 31.6 Å². The minimum absolute atomic E-state index is 0.104. The number of carbonyl (C=O) groups excluding carboxylic acids is 4. The lowest BCUT2D eigenvalue weighted by Crippen LogP contribution is -2.30. The molecule has 0 saturated heterocycles. The second kappa shape index (κ2) is 72.6. The SMILES string of the molecule is CCCCCCCCCCCCCCCCCCCCCCC(=O)OC[C@H](COP(=O)(O)OC[C@@H](O)COP(=O)(O)OC[C@@H](COC(=O)CCCCCCCCCCC)OC(=O)CCCCCCCCCC(C)C)OC(=O)CCCCCCCCCCCCCCCCCCCCC(C)C. The van der Waals surface area contributed by atoms with Crippen LogP contribution >= 0.6 is 15.6 Å². The fourth-order valence-electron chi connectivity index (χ4n) is 12.5. The Hall–Kier alpha value is -1.94. The number of esters is 4. The molecule has 0 bridgehead atoms. The second-order valence-electron chi connectivity index (χ2n) is 30.1. The summed E-state index contributed by atoms with van der Waals surface area (Å²) in [7, 11) is -9.91. The van der Waals surface area contributed by atoms with Crippen molar-refractivity contribution >= 4 is 39.5 Å². The van der Waals surface area contributed by atoms with Crippen LogP contribution in [0.2, 0.25) is 0 Å². The summed E-state index contributed by atoms with van der Waals surface area (Å²) in [5, 5.41) is 10.6. The number of aliphatic hydroxyl groups excluding tert-OH is 1. The number of phosphoric ester groups is 2. The first-order valence-electron chi connectivity index (χ1n) is 42.0. The number of rotatable bonds is 80. The topological polar surface area (TPSA) is 237 Å². The Balaban J connectivity index is 5.17. The highest BCUT2D eigenvalue weighted by Gasteiger charge is 2.30. The van der Waals surface area contributed by atoms with Crippen LogP contribution in [-0.2, 0) is 65.4 Å². The monoisotopic (exact) mass is 1470 g/mol. The first-order chi connectivity index (χ1) is 48.4. The lowest BCUT2D eigenvalue weighted by Gasteiger charge is -2.21. The zero-order valence-corrected chi connectivity index (χ0v) is 67.3. The van der Waals surface area contributed by atoms with E-state index in [1.54, 1.807) is 0 Å². The summed E-state index contributed by atoms with van der Waals surface area (Å²) >= 11 is 0. The molecule has 0 spiro atoms. The van der Waals surface area contributed by atoms with Crippen LogP contribution in [0.3, 0.4) is 0 Å². The number of unbranched alkanes of at least 4 members (excludes halogenated alkanes) is 50. The predicted molar refractivity (Wildman–Crippen MR) is 409 cm³/mol. The van der Waals surface area contributed by atoms with Gasteiger partial charge in [0.05, 0.1) is 26.4 Å². The summed E-state index contributed by atoms with van der Waals surface area (Å²) in [6.07, 6.45) is 62.8. The third kappa shape index (κ3) is 74.3. The summed E-state index contributed by atoms with van der Waals surface area (Å²) in [5.74, 6) is -0.598. The Kier molecular flexibility index (Phi) is 71.2. The molecule has 19 heteroatoms. The number of carbonyl (C=O) groups is 4. The summed E-state index contributed by atoms with van der Waals surface area (Å²) < 4.78 is 68.6. The molecule has 3 N–H and O–H groups in total. The van der Waals surface area contributed by atoms with Gasteiger partial charge in [0.1, 0.15) is 19.3 Å². The molecular weight excluding hydrogens is 1310 g/mol. The molecule has 0 fully saturated rings. The van der Waals surface area contributed by atoms with E-state index in [4.69, 9.17) is 37.0 Å². The normalized spacial score (nSPS) is 13.9. The van der Waals surface area contributed by atoms with E-state index in [9.17, 15) is 43.2 Å². The zero-order valence-electron chi connectivity index (χ0n) is 65.5. The van der Waals surface area contributed by atoms with Crippen LogP contribution in [0.1, 0.15) is 427 Å². The second-order valence-corrected chi connectivity index (χ2v) is 33.0. The average molecular weight is 1470 g/mol. The minimum Gasteiger partial charge on any atom is -0.462 e. The van der Waals surface area contributed by atoms with Gasteiger partial charge in [-0.3, -0.25) is 37.3 Å². The number of hydrogen-bond acceptors (Lipinski definition) is 15. The molecule has 594 valence electrons. The van der Waals surface area contributed by atoms with Gasteiger partial charge in [0.25, 0.3) is 0 Å². The Labute approximate surface area is 613 Å². The van der Waals surface area contributed by atoms with Crippen LogP contribution in [-0.4, -0.2) is 96.7 Å². The highest BCUT2D eigenvalue weighted by atomic mass is 31.2. The molecule has 0 amide bonds. The average Bonchev–Trinajstić information content (AvgIpc) is 0.935. The third-order valence-corrected chi connectivity index (χ3v) is 20.9. The van der Waals surface area contributed by atoms with E-state index in [2.05, 4.69) is 41.5 Å². The molecule has 0 aliphatic rings. The molecule has 2 unspecified atom stereocenters. The molecule has 0 aromatic heterocycles. The van der Waals surface area contributed by atoms with Crippen molar-refractivity contribution in [2.75, 3.05) is 39.6 Å². The Morgan fingerprint density at radius 1 is 0.270 bits per heavy atom. The van der Waals surface area contributed by atoms with Crippen LogP contribution in [0.25, 0.3) is 0 Å².